The van der Waals surface area contributed by atoms with E-state index in [9.17, 15) is 30.4 Å². The van der Waals surface area contributed by atoms with Crippen LogP contribution < -0.4 is 5.32 Å². The maximum absolute atomic E-state index is 12.7. The molecule has 0 amide bonds. The van der Waals surface area contributed by atoms with E-state index >= 15 is 0 Å². The molecule has 0 spiro atoms. The first kappa shape index (κ1) is 19.9. The molecule has 0 radical (unpaired) electrons. The number of phenolic OH excluding ortho intramolecular Hbond substituents is 2. The molecule has 1 aromatic heterocycles. The number of carbonyl (C=O) groups is 1. The van der Waals surface area contributed by atoms with E-state index in [1.54, 1.807) is 20.8 Å². The molecular weight excluding hydrogens is 372 g/mol. The van der Waals surface area contributed by atoms with Gasteiger partial charge in [-0.25, -0.2) is 4.98 Å². The van der Waals surface area contributed by atoms with Crippen molar-refractivity contribution in [2.24, 2.45) is 0 Å². The molecule has 0 unspecified atom stereocenters. The first-order valence-electron chi connectivity index (χ1n) is 7.61. The van der Waals surface area contributed by atoms with Gasteiger partial charge in [0.1, 0.15) is 17.3 Å². The van der Waals surface area contributed by atoms with Crippen LogP contribution in [0.25, 0.3) is 5.70 Å². The first-order chi connectivity index (χ1) is 12.5. The van der Waals surface area contributed by atoms with Gasteiger partial charge in [-0.15, -0.1) is 11.3 Å². The number of ketones is 1. The molecule has 1 aromatic carbocycles. The van der Waals surface area contributed by atoms with Gasteiger partial charge in [-0.3, -0.25) is 14.9 Å². The summed E-state index contributed by atoms with van der Waals surface area (Å²) in [6, 6.07) is 3.84. The Morgan fingerprint density at radius 1 is 1.37 bits per heavy atom. The third-order valence-electron chi connectivity index (χ3n) is 3.31. The molecule has 0 saturated heterocycles. The molecule has 3 N–H and O–H groups in total. The summed E-state index contributed by atoms with van der Waals surface area (Å²) < 4.78 is 0. The van der Waals surface area contributed by atoms with E-state index in [0.29, 0.717) is 0 Å². The van der Waals surface area contributed by atoms with E-state index in [4.69, 9.17) is 0 Å². The summed E-state index contributed by atoms with van der Waals surface area (Å²) in [4.78, 5) is 26.9. The Kier molecular flexibility index (Phi) is 5.47. The minimum atomic E-state index is -0.900. The Bertz CT molecular complexity index is 968. The van der Waals surface area contributed by atoms with Gasteiger partial charge in [0.2, 0.25) is 11.5 Å². The van der Waals surface area contributed by atoms with Gasteiger partial charge in [-0.05, 0) is 26.8 Å². The highest BCUT2D eigenvalue weighted by molar-refractivity contribution is 7.07. The van der Waals surface area contributed by atoms with Crippen LogP contribution in [0, 0.1) is 21.4 Å². The lowest BCUT2D eigenvalue weighted by molar-refractivity contribution is -0.386. The summed E-state index contributed by atoms with van der Waals surface area (Å²) in [5.74, 6) is -2.31. The number of hydrogen-bond acceptors (Lipinski definition) is 9. The van der Waals surface area contributed by atoms with Crippen molar-refractivity contribution in [2.75, 3.05) is 0 Å². The van der Waals surface area contributed by atoms with E-state index in [2.05, 4.69) is 10.3 Å². The van der Waals surface area contributed by atoms with Crippen LogP contribution in [0.4, 0.5) is 5.69 Å². The van der Waals surface area contributed by atoms with Crippen molar-refractivity contribution in [2.45, 2.75) is 26.3 Å². The number of carbonyl (C=O) groups excluding carboxylic acids is 1. The summed E-state index contributed by atoms with van der Waals surface area (Å²) in [6.45, 7) is 5.30. The Hall–Kier alpha value is -3.45. The second kappa shape index (κ2) is 7.43. The molecular formula is C17H16N4O5S. The number of Topliss-reactive ketones (excluding diaryl/α,β-unsaturated/α-hetero) is 1. The molecule has 10 heteroatoms. The summed E-state index contributed by atoms with van der Waals surface area (Å²) in [6.07, 6.45) is 0. The molecule has 2 aromatic rings. The Labute approximate surface area is 158 Å². The van der Waals surface area contributed by atoms with Gasteiger partial charge in [0.15, 0.2) is 5.75 Å². The average molecular weight is 388 g/mol. The van der Waals surface area contributed by atoms with E-state index in [0.717, 1.165) is 12.1 Å². The van der Waals surface area contributed by atoms with E-state index < -0.39 is 33.4 Å². The van der Waals surface area contributed by atoms with Crippen LogP contribution in [0.5, 0.6) is 11.5 Å². The number of rotatable bonds is 5. The van der Waals surface area contributed by atoms with E-state index in [-0.39, 0.29) is 22.5 Å². The van der Waals surface area contributed by atoms with Crippen molar-refractivity contribution >= 4 is 28.5 Å². The van der Waals surface area contributed by atoms with Crippen LogP contribution in [-0.2, 0) is 0 Å². The second-order valence-electron chi connectivity index (χ2n) is 6.56. The molecule has 0 bridgehead atoms. The maximum atomic E-state index is 12.7. The Morgan fingerprint density at radius 2 is 2.04 bits per heavy atom. The monoisotopic (exact) mass is 388 g/mol. The van der Waals surface area contributed by atoms with Crippen LogP contribution in [0.2, 0.25) is 0 Å². The number of nitro benzene ring substituents is 1. The molecule has 0 aliphatic rings. The van der Waals surface area contributed by atoms with E-state index in [1.165, 1.54) is 22.2 Å². The van der Waals surface area contributed by atoms with Gasteiger partial charge >= 0.3 is 5.69 Å². The summed E-state index contributed by atoms with van der Waals surface area (Å²) in [5, 5.41) is 44.8. The molecule has 0 aliphatic heterocycles. The second-order valence-corrected chi connectivity index (χ2v) is 7.28. The van der Waals surface area contributed by atoms with Crippen molar-refractivity contribution < 1.29 is 19.9 Å². The summed E-state index contributed by atoms with van der Waals surface area (Å²) >= 11 is 1.18. The van der Waals surface area contributed by atoms with Crippen molar-refractivity contribution in [3.05, 3.63) is 50.0 Å². The highest BCUT2D eigenvalue weighted by Crippen LogP contribution is 2.38. The zero-order valence-corrected chi connectivity index (χ0v) is 15.5. The fourth-order valence-corrected chi connectivity index (χ4v) is 2.75. The highest BCUT2D eigenvalue weighted by atomic mass is 32.1. The van der Waals surface area contributed by atoms with Crippen LogP contribution in [-0.4, -0.2) is 31.4 Å². The van der Waals surface area contributed by atoms with Gasteiger partial charge < -0.3 is 15.5 Å². The predicted molar refractivity (Wildman–Crippen MR) is 98.3 cm³/mol. The summed E-state index contributed by atoms with van der Waals surface area (Å²) in [5.41, 5.74) is -0.208. The van der Waals surface area contributed by atoms with Crippen LogP contribution in [0.1, 0.15) is 36.8 Å². The molecule has 0 fully saturated rings. The number of phenols is 2. The maximum Gasteiger partial charge on any atom is 0.315 e. The molecule has 2 rings (SSSR count). The Morgan fingerprint density at radius 3 is 2.52 bits per heavy atom. The number of thiazole rings is 1. The largest absolute Gasteiger partial charge is 0.504 e. The standard InChI is InChI=1S/C17H16N4O5S/c1-17(2,3)20-14(10(6-18)15(23)11-7-27-8-19-11)9-4-12(21(25)26)16(24)13(22)5-9/h4-5,7-8,20,22,24H,1-3H3/b14-10-. The molecule has 1 heterocycles. The highest BCUT2D eigenvalue weighted by Gasteiger charge is 2.27. The number of aromatic nitrogens is 1. The Balaban J connectivity index is 2.77. The predicted octanol–water partition coefficient (Wildman–Crippen LogP) is 2.97. The van der Waals surface area contributed by atoms with Crippen molar-refractivity contribution in [1.82, 2.24) is 10.3 Å². The number of allylic oxidation sites excluding steroid dienone is 1. The van der Waals surface area contributed by atoms with Gasteiger partial charge in [0.25, 0.3) is 0 Å². The number of nitrogens with one attached hydrogen (secondary N) is 1. The zero-order valence-electron chi connectivity index (χ0n) is 14.7. The molecule has 0 aliphatic carbocycles. The number of benzene rings is 1. The number of aromatic hydroxyl groups is 2. The minimum absolute atomic E-state index is 0.00653. The quantitative estimate of drug-likeness (QED) is 0.177. The third kappa shape index (κ3) is 4.39. The van der Waals surface area contributed by atoms with Gasteiger partial charge in [-0.1, -0.05) is 0 Å². The fourth-order valence-electron chi connectivity index (χ4n) is 2.21. The molecule has 9 nitrogen and oxygen atoms in total. The van der Waals surface area contributed by atoms with Crippen molar-refractivity contribution in [3.8, 4) is 17.6 Å². The molecule has 0 atom stereocenters. The number of hydrogen-bond donors (Lipinski definition) is 3. The average Bonchev–Trinajstić information content (AvgIpc) is 3.10. The van der Waals surface area contributed by atoms with Crippen molar-refractivity contribution in [3.63, 3.8) is 0 Å². The lowest BCUT2D eigenvalue weighted by atomic mass is 9.98. The number of nitro groups is 1. The van der Waals surface area contributed by atoms with Gasteiger partial charge in [-0.2, -0.15) is 5.26 Å². The fraction of sp³-hybridized carbons (Fsp3) is 0.235. The van der Waals surface area contributed by atoms with Crippen LogP contribution in [0.3, 0.4) is 0 Å². The zero-order chi connectivity index (χ0) is 20.4. The lowest BCUT2D eigenvalue weighted by Gasteiger charge is -2.25. The molecule has 27 heavy (non-hydrogen) atoms. The smallest absolute Gasteiger partial charge is 0.315 e. The first-order valence-corrected chi connectivity index (χ1v) is 8.55. The number of nitriles is 1. The minimum Gasteiger partial charge on any atom is -0.504 e. The van der Waals surface area contributed by atoms with Crippen LogP contribution >= 0.6 is 11.3 Å². The van der Waals surface area contributed by atoms with Crippen molar-refractivity contribution in [1.29, 1.82) is 5.26 Å². The molecule has 140 valence electrons. The van der Waals surface area contributed by atoms with E-state index in [1.807, 2.05) is 6.07 Å². The van der Waals surface area contributed by atoms with Gasteiger partial charge in [0, 0.05) is 22.5 Å². The molecule has 0 saturated carbocycles. The summed E-state index contributed by atoms with van der Waals surface area (Å²) in [7, 11) is 0. The topological polar surface area (TPSA) is 149 Å². The lowest BCUT2D eigenvalue weighted by Crippen LogP contribution is -2.35. The number of nitrogens with zero attached hydrogens (tertiary/aromatic N) is 3. The SMILES string of the molecule is CC(C)(C)N/C(=C(/C#N)C(=O)c1cscn1)c1cc(O)c(O)c([N+](=O)[O-])c1. The normalized spacial score (nSPS) is 12.1. The van der Waals surface area contributed by atoms with Crippen LogP contribution in [0.15, 0.2) is 28.6 Å². The van der Waals surface area contributed by atoms with Gasteiger partial charge in [0.05, 0.1) is 16.1 Å². The third-order valence-corrected chi connectivity index (χ3v) is 3.90.